The maximum Gasteiger partial charge on any atom is 0.247 e. The van der Waals surface area contributed by atoms with Crippen LogP contribution in [-0.4, -0.2) is 11.7 Å². The predicted molar refractivity (Wildman–Crippen MR) is 105 cm³/mol. The van der Waals surface area contributed by atoms with Crippen molar-refractivity contribution in [2.24, 2.45) is 4.99 Å². The van der Waals surface area contributed by atoms with Gasteiger partial charge in [-0.3, -0.25) is 4.79 Å². The summed E-state index contributed by atoms with van der Waals surface area (Å²) in [5.41, 5.74) is 3.35. The minimum Gasteiger partial charge on any atom is -0.321 e. The summed E-state index contributed by atoms with van der Waals surface area (Å²) < 4.78 is 27.1. The highest BCUT2D eigenvalue weighted by atomic mass is 19.2. The number of aryl methyl sites for hydroxylation is 1. The first kappa shape index (κ1) is 18.0. The molecule has 0 N–H and O–H groups in total. The van der Waals surface area contributed by atoms with Gasteiger partial charge in [-0.1, -0.05) is 54.6 Å². The summed E-state index contributed by atoms with van der Waals surface area (Å²) in [6, 6.07) is 21.1. The molecule has 0 aliphatic carbocycles. The average Bonchev–Trinajstić information content (AvgIpc) is 3.08. The van der Waals surface area contributed by atoms with Gasteiger partial charge in [0, 0.05) is 23.7 Å². The quantitative estimate of drug-likeness (QED) is 0.649. The zero-order chi connectivity index (χ0) is 19.5. The van der Waals surface area contributed by atoms with Crippen LogP contribution >= 0.6 is 0 Å². The SMILES string of the molecule is O=C(CCc1ccccc1)N=C1c2ccccc2CN1c1ccc(F)c(F)c1. The largest absolute Gasteiger partial charge is 0.321 e. The lowest BCUT2D eigenvalue weighted by Crippen LogP contribution is -2.25. The van der Waals surface area contributed by atoms with Crippen LogP contribution in [0.25, 0.3) is 0 Å². The number of carbonyl (C=O) groups is 1. The Balaban J connectivity index is 1.63. The molecule has 0 saturated carbocycles. The molecule has 0 radical (unpaired) electrons. The summed E-state index contributed by atoms with van der Waals surface area (Å²) in [6.45, 7) is 0.450. The van der Waals surface area contributed by atoms with Crippen molar-refractivity contribution in [3.63, 3.8) is 0 Å². The van der Waals surface area contributed by atoms with Gasteiger partial charge < -0.3 is 4.90 Å². The van der Waals surface area contributed by atoms with Gasteiger partial charge in [-0.05, 0) is 29.7 Å². The molecule has 5 heteroatoms. The van der Waals surface area contributed by atoms with E-state index in [9.17, 15) is 13.6 Å². The van der Waals surface area contributed by atoms with Gasteiger partial charge in [0.2, 0.25) is 5.91 Å². The first-order chi connectivity index (χ1) is 13.6. The van der Waals surface area contributed by atoms with E-state index in [2.05, 4.69) is 4.99 Å². The van der Waals surface area contributed by atoms with Gasteiger partial charge in [-0.25, -0.2) is 8.78 Å². The number of hydrogen-bond acceptors (Lipinski definition) is 1. The Morgan fingerprint density at radius 1 is 0.929 bits per heavy atom. The molecule has 0 bridgehead atoms. The number of aliphatic imine (C=N–C) groups is 1. The van der Waals surface area contributed by atoms with E-state index in [0.29, 0.717) is 24.5 Å². The van der Waals surface area contributed by atoms with Gasteiger partial charge in [0.05, 0.1) is 6.54 Å². The van der Waals surface area contributed by atoms with Crippen LogP contribution in [-0.2, 0) is 17.8 Å². The fourth-order valence-electron chi connectivity index (χ4n) is 3.32. The lowest BCUT2D eigenvalue weighted by atomic mass is 10.1. The number of carbonyl (C=O) groups excluding carboxylic acids is 1. The molecule has 3 nitrogen and oxygen atoms in total. The van der Waals surface area contributed by atoms with Crippen LogP contribution in [0.15, 0.2) is 77.8 Å². The minimum atomic E-state index is -0.928. The van der Waals surface area contributed by atoms with Crippen molar-refractivity contribution in [1.82, 2.24) is 0 Å². The third-order valence-corrected chi connectivity index (χ3v) is 4.76. The third-order valence-electron chi connectivity index (χ3n) is 4.76. The molecule has 0 unspecified atom stereocenters. The van der Waals surface area contributed by atoms with E-state index in [0.717, 1.165) is 28.8 Å². The van der Waals surface area contributed by atoms with Crippen molar-refractivity contribution in [1.29, 1.82) is 0 Å². The van der Waals surface area contributed by atoms with Crippen molar-refractivity contribution in [3.05, 3.63) is 101 Å². The second-order valence-electron chi connectivity index (χ2n) is 6.66. The summed E-state index contributed by atoms with van der Waals surface area (Å²) in [5.74, 6) is -1.61. The van der Waals surface area contributed by atoms with Gasteiger partial charge in [0.1, 0.15) is 5.84 Å². The zero-order valence-corrected chi connectivity index (χ0v) is 15.1. The highest BCUT2D eigenvalue weighted by Crippen LogP contribution is 2.30. The van der Waals surface area contributed by atoms with Crippen LogP contribution in [0.5, 0.6) is 0 Å². The van der Waals surface area contributed by atoms with Crippen molar-refractivity contribution in [3.8, 4) is 0 Å². The number of amidine groups is 1. The number of fused-ring (bicyclic) bond motifs is 1. The molecular formula is C23H18F2N2O. The molecule has 140 valence electrons. The van der Waals surface area contributed by atoms with Crippen LogP contribution in [0.2, 0.25) is 0 Å². The van der Waals surface area contributed by atoms with Gasteiger partial charge >= 0.3 is 0 Å². The van der Waals surface area contributed by atoms with E-state index in [1.165, 1.54) is 6.07 Å². The van der Waals surface area contributed by atoms with Crippen LogP contribution in [0.3, 0.4) is 0 Å². The van der Waals surface area contributed by atoms with Gasteiger partial charge in [0.25, 0.3) is 0 Å². The van der Waals surface area contributed by atoms with E-state index >= 15 is 0 Å². The molecule has 28 heavy (non-hydrogen) atoms. The standard InChI is InChI=1S/C23H18F2N2O/c24-20-12-11-18(14-21(20)25)27-15-17-8-4-5-9-19(17)23(27)26-22(28)13-10-16-6-2-1-3-7-16/h1-9,11-12,14H,10,13,15H2. The summed E-state index contributed by atoms with van der Waals surface area (Å²) in [7, 11) is 0. The molecule has 1 aliphatic rings. The molecule has 1 heterocycles. The molecule has 0 fully saturated rings. The fraction of sp³-hybridized carbons (Fsp3) is 0.130. The zero-order valence-electron chi connectivity index (χ0n) is 15.1. The Hall–Kier alpha value is -3.34. The average molecular weight is 376 g/mol. The van der Waals surface area contributed by atoms with E-state index in [1.54, 1.807) is 4.90 Å². The molecule has 1 amide bonds. The summed E-state index contributed by atoms with van der Waals surface area (Å²) >= 11 is 0. The molecule has 0 spiro atoms. The first-order valence-electron chi connectivity index (χ1n) is 9.08. The molecule has 4 rings (SSSR count). The van der Waals surface area contributed by atoms with Crippen LogP contribution < -0.4 is 4.90 Å². The van der Waals surface area contributed by atoms with E-state index in [1.807, 2.05) is 54.6 Å². The Labute approximate surface area is 162 Å². The van der Waals surface area contributed by atoms with Crippen molar-refractivity contribution < 1.29 is 13.6 Å². The number of halogens is 2. The smallest absolute Gasteiger partial charge is 0.247 e. The summed E-state index contributed by atoms with van der Waals surface area (Å²) in [4.78, 5) is 18.6. The molecule has 0 saturated heterocycles. The molecule has 3 aromatic rings. The Kier molecular flexibility index (Phi) is 4.98. The van der Waals surface area contributed by atoms with E-state index < -0.39 is 11.6 Å². The van der Waals surface area contributed by atoms with Gasteiger partial charge in [-0.2, -0.15) is 4.99 Å². The lowest BCUT2D eigenvalue weighted by Gasteiger charge is -2.19. The van der Waals surface area contributed by atoms with Gasteiger partial charge in [-0.15, -0.1) is 0 Å². The monoisotopic (exact) mass is 376 g/mol. The molecular weight excluding hydrogens is 358 g/mol. The van der Waals surface area contributed by atoms with E-state index in [4.69, 9.17) is 0 Å². The van der Waals surface area contributed by atoms with Crippen LogP contribution in [0.4, 0.5) is 14.5 Å². The Morgan fingerprint density at radius 2 is 1.68 bits per heavy atom. The Bertz CT molecular complexity index is 1050. The topological polar surface area (TPSA) is 32.7 Å². The number of rotatable bonds is 4. The molecule has 1 aliphatic heterocycles. The van der Waals surface area contributed by atoms with Crippen LogP contribution in [0.1, 0.15) is 23.1 Å². The number of nitrogens with zero attached hydrogens (tertiary/aromatic N) is 2. The van der Waals surface area contributed by atoms with Crippen molar-refractivity contribution >= 4 is 17.4 Å². The van der Waals surface area contributed by atoms with Gasteiger partial charge in [0.15, 0.2) is 11.6 Å². The predicted octanol–water partition coefficient (Wildman–Crippen LogP) is 4.89. The fourth-order valence-corrected chi connectivity index (χ4v) is 3.32. The lowest BCUT2D eigenvalue weighted by molar-refractivity contribution is -0.117. The second kappa shape index (κ2) is 7.72. The number of benzene rings is 3. The number of anilines is 1. The van der Waals surface area contributed by atoms with Crippen LogP contribution in [0, 0.1) is 11.6 Å². The minimum absolute atomic E-state index is 0.247. The van der Waals surface area contributed by atoms with E-state index in [-0.39, 0.29) is 12.3 Å². The maximum atomic E-state index is 13.8. The molecule has 0 aromatic heterocycles. The van der Waals surface area contributed by atoms with Crippen molar-refractivity contribution in [2.75, 3.05) is 4.90 Å². The highest BCUT2D eigenvalue weighted by Gasteiger charge is 2.27. The normalized spacial score (nSPS) is 14.4. The first-order valence-corrected chi connectivity index (χ1v) is 9.08. The molecule has 3 aromatic carbocycles. The second-order valence-corrected chi connectivity index (χ2v) is 6.66. The Morgan fingerprint density at radius 3 is 2.46 bits per heavy atom. The maximum absolute atomic E-state index is 13.8. The summed E-state index contributed by atoms with van der Waals surface area (Å²) in [5, 5.41) is 0. The van der Waals surface area contributed by atoms with Crippen molar-refractivity contribution in [2.45, 2.75) is 19.4 Å². The molecule has 0 atom stereocenters. The highest BCUT2D eigenvalue weighted by molar-refractivity contribution is 6.17. The third kappa shape index (κ3) is 3.69. The summed E-state index contributed by atoms with van der Waals surface area (Å²) in [6.07, 6.45) is 0.880. The number of hydrogen-bond donors (Lipinski definition) is 0. The number of amides is 1.